The van der Waals surface area contributed by atoms with E-state index in [0.717, 1.165) is 25.9 Å². The van der Waals surface area contributed by atoms with Crippen LogP contribution in [0.5, 0.6) is 0 Å². The van der Waals surface area contributed by atoms with Crippen LogP contribution in [0.3, 0.4) is 0 Å². The number of hydrogen-bond donors (Lipinski definition) is 2. The number of anilines is 1. The Labute approximate surface area is 174 Å². The van der Waals surface area contributed by atoms with Gasteiger partial charge in [0.15, 0.2) is 5.69 Å². The van der Waals surface area contributed by atoms with Crippen LogP contribution >= 0.6 is 12.4 Å². The van der Waals surface area contributed by atoms with Gasteiger partial charge in [-0.25, -0.2) is 9.59 Å². The Kier molecular flexibility index (Phi) is 7.74. The number of esters is 2. The fourth-order valence-electron chi connectivity index (χ4n) is 3.09. The van der Waals surface area contributed by atoms with Crippen molar-refractivity contribution in [2.75, 3.05) is 32.6 Å². The van der Waals surface area contributed by atoms with E-state index >= 15 is 0 Å². The molecule has 0 bridgehead atoms. The highest BCUT2D eigenvalue weighted by atomic mass is 35.5. The van der Waals surface area contributed by atoms with Gasteiger partial charge in [0.05, 0.1) is 31.4 Å². The second-order valence-corrected chi connectivity index (χ2v) is 6.42. The van der Waals surface area contributed by atoms with E-state index in [9.17, 15) is 14.4 Å². The normalized spacial score (nSPS) is 15.7. The number of nitrogens with one attached hydrogen (secondary N) is 2. The Hall–Kier alpha value is -2.91. The maximum absolute atomic E-state index is 12.6. The Morgan fingerprint density at radius 1 is 1.14 bits per heavy atom. The standard InChI is InChI=1S/C19H22N4O5.ClH/c1-27-18(25)12-8-13(19(26)28-2)10-14(9-12)21-17(24)16-5-7-23(22-16)15-4-3-6-20-11-15;/h5,7-10,15,20H,3-4,6,11H2,1-2H3,(H,21,24);1H. The lowest BCUT2D eigenvalue weighted by Crippen LogP contribution is -2.32. The smallest absolute Gasteiger partial charge is 0.337 e. The van der Waals surface area contributed by atoms with Gasteiger partial charge >= 0.3 is 11.9 Å². The summed E-state index contributed by atoms with van der Waals surface area (Å²) >= 11 is 0. The minimum Gasteiger partial charge on any atom is -0.465 e. The van der Waals surface area contributed by atoms with Gasteiger partial charge in [-0.1, -0.05) is 0 Å². The summed E-state index contributed by atoms with van der Waals surface area (Å²) in [5, 5.41) is 10.3. The van der Waals surface area contributed by atoms with Crippen molar-refractivity contribution >= 4 is 35.9 Å². The Bertz CT molecular complexity index is 858. The summed E-state index contributed by atoms with van der Waals surface area (Å²) in [6.07, 6.45) is 3.83. The molecule has 1 atom stereocenters. The van der Waals surface area contributed by atoms with Crippen molar-refractivity contribution < 1.29 is 23.9 Å². The molecule has 0 radical (unpaired) electrons. The molecule has 1 aliphatic heterocycles. The van der Waals surface area contributed by atoms with Crippen molar-refractivity contribution in [2.45, 2.75) is 18.9 Å². The molecule has 1 amide bonds. The number of methoxy groups -OCH3 is 2. The fourth-order valence-corrected chi connectivity index (χ4v) is 3.09. The van der Waals surface area contributed by atoms with Crippen molar-refractivity contribution in [3.8, 4) is 0 Å². The van der Waals surface area contributed by atoms with E-state index in [2.05, 4.69) is 15.7 Å². The van der Waals surface area contributed by atoms with E-state index in [1.54, 1.807) is 16.9 Å². The van der Waals surface area contributed by atoms with Gasteiger partial charge in [-0.15, -0.1) is 12.4 Å². The highest BCUT2D eigenvalue weighted by Gasteiger charge is 2.19. The van der Waals surface area contributed by atoms with Crippen LogP contribution in [0.2, 0.25) is 0 Å². The molecule has 2 heterocycles. The zero-order chi connectivity index (χ0) is 20.1. The summed E-state index contributed by atoms with van der Waals surface area (Å²) in [7, 11) is 2.47. The number of hydrogen-bond acceptors (Lipinski definition) is 7. The number of carbonyl (C=O) groups excluding carboxylic acids is 3. The van der Waals surface area contributed by atoms with Crippen LogP contribution in [0.25, 0.3) is 0 Å². The van der Waals surface area contributed by atoms with Gasteiger partial charge in [-0.2, -0.15) is 5.10 Å². The molecule has 1 aromatic heterocycles. The molecule has 2 aromatic rings. The lowest BCUT2D eigenvalue weighted by atomic mass is 10.1. The van der Waals surface area contributed by atoms with Crippen LogP contribution < -0.4 is 10.6 Å². The predicted octanol–water partition coefficient (Wildman–Crippen LogP) is 2.05. The SMILES string of the molecule is COC(=O)c1cc(NC(=O)c2ccn(C3CCCNC3)n2)cc(C(=O)OC)c1.Cl. The number of piperidine rings is 1. The van der Waals surface area contributed by atoms with Gasteiger partial charge in [0, 0.05) is 18.4 Å². The average molecular weight is 423 g/mol. The lowest BCUT2D eigenvalue weighted by molar-refractivity contribution is 0.0599. The van der Waals surface area contributed by atoms with Gasteiger partial charge in [0.1, 0.15) is 0 Å². The van der Waals surface area contributed by atoms with Gasteiger partial charge in [0.2, 0.25) is 0 Å². The second kappa shape index (κ2) is 10.0. The molecule has 10 heteroatoms. The molecule has 9 nitrogen and oxygen atoms in total. The van der Waals surface area contributed by atoms with Gasteiger partial charge in [-0.05, 0) is 43.7 Å². The Balaban J connectivity index is 0.00000300. The summed E-state index contributed by atoms with van der Waals surface area (Å²) in [4.78, 5) is 36.3. The molecule has 3 rings (SSSR count). The summed E-state index contributed by atoms with van der Waals surface area (Å²) < 4.78 is 11.2. The molecule has 0 aliphatic carbocycles. The zero-order valence-electron chi connectivity index (χ0n) is 16.1. The van der Waals surface area contributed by atoms with Crippen LogP contribution in [0.1, 0.15) is 50.1 Å². The summed E-state index contributed by atoms with van der Waals surface area (Å²) in [5.41, 5.74) is 0.759. The van der Waals surface area contributed by atoms with Crippen LogP contribution in [-0.2, 0) is 9.47 Å². The van der Waals surface area contributed by atoms with Crippen molar-refractivity contribution in [3.63, 3.8) is 0 Å². The molecule has 156 valence electrons. The van der Waals surface area contributed by atoms with Crippen LogP contribution in [0.4, 0.5) is 5.69 Å². The summed E-state index contributed by atoms with van der Waals surface area (Å²) in [6, 6.07) is 6.05. The van der Waals surface area contributed by atoms with Crippen molar-refractivity contribution in [3.05, 3.63) is 47.3 Å². The van der Waals surface area contributed by atoms with Crippen molar-refractivity contribution in [1.29, 1.82) is 0 Å². The summed E-state index contributed by atoms with van der Waals surface area (Å²) in [5.74, 6) is -1.70. The number of amides is 1. The van der Waals surface area contributed by atoms with E-state index < -0.39 is 17.8 Å². The topological polar surface area (TPSA) is 112 Å². The first-order valence-corrected chi connectivity index (χ1v) is 8.90. The van der Waals surface area contributed by atoms with Gasteiger partial charge in [0.25, 0.3) is 5.91 Å². The molecule has 2 N–H and O–H groups in total. The number of nitrogens with zero attached hydrogens (tertiary/aromatic N) is 2. The Morgan fingerprint density at radius 3 is 2.34 bits per heavy atom. The molecular formula is C19H23ClN4O5. The maximum atomic E-state index is 12.6. The minimum absolute atomic E-state index is 0. The Morgan fingerprint density at radius 2 is 1.79 bits per heavy atom. The molecule has 1 aliphatic rings. The first kappa shape index (κ1) is 22.4. The molecular weight excluding hydrogens is 400 g/mol. The van der Waals surface area contributed by atoms with E-state index in [-0.39, 0.29) is 41.0 Å². The van der Waals surface area contributed by atoms with Crippen molar-refractivity contribution in [1.82, 2.24) is 15.1 Å². The van der Waals surface area contributed by atoms with Gasteiger partial charge < -0.3 is 20.1 Å². The highest BCUT2D eigenvalue weighted by molar-refractivity contribution is 6.05. The van der Waals surface area contributed by atoms with Gasteiger partial charge in [-0.3, -0.25) is 9.48 Å². The number of benzene rings is 1. The first-order valence-electron chi connectivity index (χ1n) is 8.90. The predicted molar refractivity (Wildman–Crippen MR) is 108 cm³/mol. The first-order chi connectivity index (χ1) is 13.5. The minimum atomic E-state index is -0.629. The third-order valence-corrected chi connectivity index (χ3v) is 4.52. The van der Waals surface area contributed by atoms with Crippen LogP contribution in [0, 0.1) is 0 Å². The third kappa shape index (κ3) is 5.33. The average Bonchev–Trinajstić information content (AvgIpc) is 3.23. The molecule has 1 fully saturated rings. The third-order valence-electron chi connectivity index (χ3n) is 4.52. The van der Waals surface area contributed by atoms with E-state index in [1.165, 1.54) is 32.4 Å². The van der Waals surface area contributed by atoms with E-state index in [4.69, 9.17) is 9.47 Å². The highest BCUT2D eigenvalue weighted by Crippen LogP contribution is 2.19. The number of ether oxygens (including phenoxy) is 2. The molecule has 0 spiro atoms. The second-order valence-electron chi connectivity index (χ2n) is 6.42. The molecule has 1 aromatic carbocycles. The van der Waals surface area contributed by atoms with E-state index in [0.29, 0.717) is 0 Å². The summed E-state index contributed by atoms with van der Waals surface area (Å²) in [6.45, 7) is 1.80. The zero-order valence-corrected chi connectivity index (χ0v) is 17.0. The molecule has 29 heavy (non-hydrogen) atoms. The number of aromatic nitrogens is 2. The van der Waals surface area contributed by atoms with Crippen molar-refractivity contribution in [2.24, 2.45) is 0 Å². The van der Waals surface area contributed by atoms with E-state index in [1.807, 2.05) is 0 Å². The molecule has 1 unspecified atom stereocenters. The molecule has 0 saturated carbocycles. The number of rotatable bonds is 5. The number of carbonyl (C=O) groups is 3. The largest absolute Gasteiger partial charge is 0.465 e. The lowest BCUT2D eigenvalue weighted by Gasteiger charge is -2.22. The monoisotopic (exact) mass is 422 g/mol. The van der Waals surface area contributed by atoms with Crippen LogP contribution in [-0.4, -0.2) is 54.9 Å². The number of halogens is 1. The fraction of sp³-hybridized carbons (Fsp3) is 0.368. The molecule has 1 saturated heterocycles. The van der Waals surface area contributed by atoms with Crippen LogP contribution in [0.15, 0.2) is 30.5 Å². The quantitative estimate of drug-likeness (QED) is 0.709. The maximum Gasteiger partial charge on any atom is 0.337 e.